The largest absolute Gasteiger partial charge is 0.480 e. The molecule has 1 saturated carbocycles. The van der Waals surface area contributed by atoms with Gasteiger partial charge in [0.25, 0.3) is 0 Å². The maximum Gasteiger partial charge on any atom is 0.320 e. The van der Waals surface area contributed by atoms with Gasteiger partial charge in [0.1, 0.15) is 0 Å². The van der Waals surface area contributed by atoms with Crippen LogP contribution >= 0.6 is 0 Å². The number of carboxylic acids is 1. The van der Waals surface area contributed by atoms with Crippen molar-refractivity contribution in [3.8, 4) is 0 Å². The van der Waals surface area contributed by atoms with E-state index in [-0.39, 0.29) is 0 Å². The third-order valence-electron chi connectivity index (χ3n) is 3.52. The summed E-state index contributed by atoms with van der Waals surface area (Å²) in [6.07, 6.45) is 7.02. The van der Waals surface area contributed by atoms with Crippen molar-refractivity contribution in [1.29, 1.82) is 0 Å². The second-order valence-electron chi connectivity index (χ2n) is 5.17. The first-order chi connectivity index (χ1) is 8.91. The molecule has 0 radical (unpaired) electrons. The Morgan fingerprint density at radius 1 is 1.32 bits per heavy atom. The SMILES string of the molecule is CN(CCCNS(=O)(=O)CC(=O)O)C1CCCCC1. The molecule has 0 spiro atoms. The summed E-state index contributed by atoms with van der Waals surface area (Å²) in [5.41, 5.74) is 0. The Morgan fingerprint density at radius 2 is 1.95 bits per heavy atom. The third kappa shape index (κ3) is 6.89. The maximum absolute atomic E-state index is 11.3. The first kappa shape index (κ1) is 16.4. The Morgan fingerprint density at radius 3 is 2.53 bits per heavy atom. The van der Waals surface area contributed by atoms with Crippen molar-refractivity contribution in [2.24, 2.45) is 0 Å². The molecule has 6 nitrogen and oxygen atoms in total. The van der Waals surface area contributed by atoms with Crippen LogP contribution in [0.3, 0.4) is 0 Å². The number of hydrogen-bond acceptors (Lipinski definition) is 4. The van der Waals surface area contributed by atoms with Crippen LogP contribution in [-0.2, 0) is 14.8 Å². The number of nitrogens with zero attached hydrogens (tertiary/aromatic N) is 1. The van der Waals surface area contributed by atoms with E-state index in [9.17, 15) is 13.2 Å². The molecule has 0 aromatic carbocycles. The molecule has 19 heavy (non-hydrogen) atoms. The van der Waals surface area contributed by atoms with Gasteiger partial charge in [0.05, 0.1) is 0 Å². The van der Waals surface area contributed by atoms with Crippen molar-refractivity contribution in [2.45, 2.75) is 44.6 Å². The van der Waals surface area contributed by atoms with Crippen LogP contribution in [-0.4, -0.2) is 56.3 Å². The Labute approximate surface area is 115 Å². The van der Waals surface area contributed by atoms with Crippen LogP contribution in [0.5, 0.6) is 0 Å². The van der Waals surface area contributed by atoms with E-state index in [1.54, 1.807) is 0 Å². The summed E-state index contributed by atoms with van der Waals surface area (Å²) in [5.74, 6) is -2.18. The van der Waals surface area contributed by atoms with E-state index in [0.29, 0.717) is 19.0 Å². The number of sulfonamides is 1. The maximum atomic E-state index is 11.3. The Balaban J connectivity index is 2.17. The lowest BCUT2D eigenvalue weighted by Crippen LogP contribution is -2.36. The zero-order valence-corrected chi connectivity index (χ0v) is 12.3. The van der Waals surface area contributed by atoms with Crippen molar-refractivity contribution >= 4 is 16.0 Å². The Bertz CT molecular complexity index is 377. The zero-order valence-electron chi connectivity index (χ0n) is 11.5. The van der Waals surface area contributed by atoms with Crippen LogP contribution in [0.4, 0.5) is 0 Å². The molecule has 0 unspecified atom stereocenters. The standard InChI is InChI=1S/C12H24N2O4S/c1-14(11-6-3-2-4-7-11)9-5-8-13-19(17,18)10-12(15)16/h11,13H,2-10H2,1H3,(H,15,16). The second kappa shape index (κ2) is 7.81. The van der Waals surface area contributed by atoms with Crippen molar-refractivity contribution in [3.63, 3.8) is 0 Å². The summed E-state index contributed by atoms with van der Waals surface area (Å²) in [7, 11) is -1.60. The van der Waals surface area contributed by atoms with Crippen LogP contribution in [0.1, 0.15) is 38.5 Å². The summed E-state index contributed by atoms with van der Waals surface area (Å²) < 4.78 is 24.9. The minimum atomic E-state index is -3.67. The lowest BCUT2D eigenvalue weighted by atomic mass is 9.94. The minimum absolute atomic E-state index is 0.298. The molecule has 0 atom stereocenters. The van der Waals surface area contributed by atoms with E-state index in [4.69, 9.17) is 5.11 Å². The van der Waals surface area contributed by atoms with Gasteiger partial charge in [-0.2, -0.15) is 0 Å². The number of hydrogen-bond donors (Lipinski definition) is 2. The van der Waals surface area contributed by atoms with Crippen molar-refractivity contribution in [2.75, 3.05) is 25.9 Å². The average Bonchev–Trinajstić information content (AvgIpc) is 2.34. The van der Waals surface area contributed by atoms with E-state index in [1.807, 2.05) is 0 Å². The monoisotopic (exact) mass is 292 g/mol. The number of rotatable bonds is 8. The van der Waals surface area contributed by atoms with Crippen LogP contribution in [0.2, 0.25) is 0 Å². The lowest BCUT2D eigenvalue weighted by molar-refractivity contribution is -0.134. The van der Waals surface area contributed by atoms with Gasteiger partial charge in [-0.15, -0.1) is 0 Å². The number of nitrogens with one attached hydrogen (secondary N) is 1. The van der Waals surface area contributed by atoms with Crippen LogP contribution < -0.4 is 4.72 Å². The number of carboxylic acid groups (broad SMARTS) is 1. The number of aliphatic carboxylic acids is 1. The van der Waals surface area contributed by atoms with Gasteiger partial charge in [0, 0.05) is 12.6 Å². The fourth-order valence-corrected chi connectivity index (χ4v) is 3.36. The molecule has 0 aliphatic heterocycles. The normalized spacial score (nSPS) is 17.8. The van der Waals surface area contributed by atoms with Gasteiger partial charge in [-0.1, -0.05) is 19.3 Å². The predicted octanol–water partition coefficient (Wildman–Crippen LogP) is 0.645. The highest BCUT2D eigenvalue weighted by molar-refractivity contribution is 7.90. The van der Waals surface area contributed by atoms with Crippen molar-refractivity contribution in [1.82, 2.24) is 9.62 Å². The van der Waals surface area contributed by atoms with E-state index in [0.717, 1.165) is 6.54 Å². The van der Waals surface area contributed by atoms with Crippen LogP contribution in [0.15, 0.2) is 0 Å². The van der Waals surface area contributed by atoms with Gasteiger partial charge in [0.15, 0.2) is 5.75 Å². The minimum Gasteiger partial charge on any atom is -0.480 e. The molecule has 112 valence electrons. The first-order valence-corrected chi connectivity index (χ1v) is 8.45. The summed E-state index contributed by atoms with van der Waals surface area (Å²) in [6.45, 7) is 1.13. The van der Waals surface area contributed by atoms with E-state index >= 15 is 0 Å². The topological polar surface area (TPSA) is 86.7 Å². The molecule has 2 N–H and O–H groups in total. The highest BCUT2D eigenvalue weighted by Gasteiger charge is 2.18. The Kier molecular flexibility index (Phi) is 6.74. The third-order valence-corrected chi connectivity index (χ3v) is 4.79. The van der Waals surface area contributed by atoms with Crippen molar-refractivity contribution < 1.29 is 18.3 Å². The molecule has 0 bridgehead atoms. The molecule has 1 aliphatic carbocycles. The molecule has 1 aliphatic rings. The highest BCUT2D eigenvalue weighted by atomic mass is 32.2. The summed E-state index contributed by atoms with van der Waals surface area (Å²) in [4.78, 5) is 12.6. The average molecular weight is 292 g/mol. The van der Waals surface area contributed by atoms with Gasteiger partial charge >= 0.3 is 5.97 Å². The van der Waals surface area contributed by atoms with E-state index in [2.05, 4.69) is 16.7 Å². The summed E-state index contributed by atoms with van der Waals surface area (Å²) in [6, 6.07) is 0.615. The second-order valence-corrected chi connectivity index (χ2v) is 6.98. The molecule has 1 rings (SSSR count). The zero-order chi connectivity index (χ0) is 14.3. The number of carbonyl (C=O) groups is 1. The van der Waals surface area contributed by atoms with Crippen molar-refractivity contribution in [3.05, 3.63) is 0 Å². The fourth-order valence-electron chi connectivity index (χ4n) is 2.47. The van der Waals surface area contributed by atoms with Gasteiger partial charge < -0.3 is 10.0 Å². The van der Waals surface area contributed by atoms with Gasteiger partial charge in [-0.05, 0) is 32.9 Å². The molecule has 7 heteroatoms. The lowest BCUT2D eigenvalue weighted by Gasteiger charge is -2.31. The van der Waals surface area contributed by atoms with Gasteiger partial charge in [-0.25, -0.2) is 13.1 Å². The molecule has 1 fully saturated rings. The fraction of sp³-hybridized carbons (Fsp3) is 0.917. The summed E-state index contributed by atoms with van der Waals surface area (Å²) in [5, 5.41) is 8.44. The van der Waals surface area contributed by atoms with Gasteiger partial charge in [0.2, 0.25) is 10.0 Å². The molecule has 0 saturated heterocycles. The first-order valence-electron chi connectivity index (χ1n) is 6.80. The molecule has 0 aromatic rings. The molecular weight excluding hydrogens is 268 g/mol. The quantitative estimate of drug-likeness (QED) is 0.641. The molecule has 0 aromatic heterocycles. The van der Waals surface area contributed by atoms with Crippen LogP contribution in [0.25, 0.3) is 0 Å². The smallest absolute Gasteiger partial charge is 0.320 e. The Hall–Kier alpha value is -0.660. The van der Waals surface area contributed by atoms with Crippen LogP contribution in [0, 0.1) is 0 Å². The van der Waals surface area contributed by atoms with E-state index in [1.165, 1.54) is 32.1 Å². The summed E-state index contributed by atoms with van der Waals surface area (Å²) >= 11 is 0. The predicted molar refractivity (Wildman–Crippen MR) is 73.5 cm³/mol. The van der Waals surface area contributed by atoms with E-state index < -0.39 is 21.7 Å². The molecule has 0 heterocycles. The van der Waals surface area contributed by atoms with Gasteiger partial charge in [-0.3, -0.25) is 4.79 Å². The molecular formula is C12H24N2O4S. The molecule has 0 amide bonds. The highest BCUT2D eigenvalue weighted by Crippen LogP contribution is 2.21.